The highest BCUT2D eigenvalue weighted by Gasteiger charge is 2.33. The average molecular weight is 281 g/mol. The summed E-state index contributed by atoms with van der Waals surface area (Å²) >= 11 is 0. The molecule has 3 nitrogen and oxygen atoms in total. The Balaban J connectivity index is 1.99. The van der Waals surface area contributed by atoms with Crippen LogP contribution in [0.15, 0.2) is 54.6 Å². The lowest BCUT2D eigenvalue weighted by Crippen LogP contribution is -2.30. The number of halogens is 1. The number of aryl methyl sites for hydroxylation is 1. The second-order valence-electron chi connectivity index (χ2n) is 4.84. The summed E-state index contributed by atoms with van der Waals surface area (Å²) in [6.07, 6.45) is 1.32. The first kappa shape index (κ1) is 13.2. The normalized spacial score (nSPS) is 14.6. The SMILES string of the molecule is Cc1cc(N2C(=O)C=C(c3ccccc3)C2=O)ccc1F. The highest BCUT2D eigenvalue weighted by molar-refractivity contribution is 6.43. The van der Waals surface area contributed by atoms with Gasteiger partial charge in [-0.25, -0.2) is 9.29 Å². The van der Waals surface area contributed by atoms with E-state index in [2.05, 4.69) is 0 Å². The van der Waals surface area contributed by atoms with E-state index in [4.69, 9.17) is 0 Å². The van der Waals surface area contributed by atoms with Gasteiger partial charge in [0.1, 0.15) is 5.82 Å². The van der Waals surface area contributed by atoms with E-state index in [-0.39, 0.29) is 5.82 Å². The molecular weight excluding hydrogens is 269 g/mol. The number of nitrogens with zero attached hydrogens (tertiary/aromatic N) is 1. The molecule has 2 amide bonds. The fraction of sp³-hybridized carbons (Fsp3) is 0.0588. The van der Waals surface area contributed by atoms with Crippen LogP contribution in [0.4, 0.5) is 10.1 Å². The minimum absolute atomic E-state index is 0.350. The van der Waals surface area contributed by atoms with Gasteiger partial charge in [0, 0.05) is 6.08 Å². The third-order valence-electron chi connectivity index (χ3n) is 3.41. The number of rotatable bonds is 2. The fourth-order valence-corrected chi connectivity index (χ4v) is 2.31. The molecule has 1 aliphatic heterocycles. The highest BCUT2D eigenvalue weighted by atomic mass is 19.1. The molecule has 0 aromatic heterocycles. The minimum atomic E-state index is -0.412. The molecule has 0 atom stereocenters. The van der Waals surface area contributed by atoms with Crippen molar-refractivity contribution in [2.45, 2.75) is 6.92 Å². The van der Waals surface area contributed by atoms with Crippen LogP contribution in [0.5, 0.6) is 0 Å². The summed E-state index contributed by atoms with van der Waals surface area (Å²) in [6, 6.07) is 13.2. The largest absolute Gasteiger partial charge is 0.269 e. The smallest absolute Gasteiger partial charge is 0.266 e. The van der Waals surface area contributed by atoms with E-state index in [1.807, 2.05) is 6.07 Å². The zero-order valence-electron chi connectivity index (χ0n) is 11.3. The molecule has 0 N–H and O–H groups in total. The second-order valence-corrected chi connectivity index (χ2v) is 4.84. The van der Waals surface area contributed by atoms with Gasteiger partial charge in [0.2, 0.25) is 0 Å². The Morgan fingerprint density at radius 1 is 1.00 bits per heavy atom. The van der Waals surface area contributed by atoms with Crippen LogP contribution >= 0.6 is 0 Å². The average Bonchev–Trinajstić information content (AvgIpc) is 2.78. The molecular formula is C17H12FNO2. The van der Waals surface area contributed by atoms with Crippen LogP contribution in [-0.2, 0) is 9.59 Å². The van der Waals surface area contributed by atoms with Gasteiger partial charge in [0.05, 0.1) is 11.3 Å². The summed E-state index contributed by atoms with van der Waals surface area (Å²) in [6.45, 7) is 1.59. The third kappa shape index (κ3) is 2.25. The molecule has 0 spiro atoms. The van der Waals surface area contributed by atoms with Crippen molar-refractivity contribution in [3.05, 3.63) is 71.6 Å². The second kappa shape index (κ2) is 4.98. The lowest BCUT2D eigenvalue weighted by molar-refractivity contribution is -0.119. The van der Waals surface area contributed by atoms with Crippen LogP contribution in [0.2, 0.25) is 0 Å². The van der Waals surface area contributed by atoms with Crippen molar-refractivity contribution in [3.63, 3.8) is 0 Å². The van der Waals surface area contributed by atoms with Crippen molar-refractivity contribution in [1.29, 1.82) is 0 Å². The molecule has 0 unspecified atom stereocenters. The number of carbonyl (C=O) groups is 2. The van der Waals surface area contributed by atoms with E-state index in [1.54, 1.807) is 31.2 Å². The summed E-state index contributed by atoms with van der Waals surface area (Å²) < 4.78 is 13.3. The molecule has 104 valence electrons. The highest BCUT2D eigenvalue weighted by Crippen LogP contribution is 2.29. The molecule has 0 aliphatic carbocycles. The van der Waals surface area contributed by atoms with Crippen LogP contribution < -0.4 is 4.90 Å². The zero-order valence-corrected chi connectivity index (χ0v) is 11.3. The van der Waals surface area contributed by atoms with Gasteiger partial charge >= 0.3 is 0 Å². The summed E-state index contributed by atoms with van der Waals surface area (Å²) in [5.74, 6) is -1.17. The number of hydrogen-bond acceptors (Lipinski definition) is 2. The first-order chi connectivity index (χ1) is 10.1. The summed E-state index contributed by atoms with van der Waals surface area (Å²) in [5, 5.41) is 0. The van der Waals surface area contributed by atoms with Gasteiger partial charge in [0.25, 0.3) is 11.8 Å². The Hall–Kier alpha value is -2.75. The van der Waals surface area contributed by atoms with Crippen LogP contribution in [0.25, 0.3) is 5.57 Å². The Labute approximate surface area is 121 Å². The van der Waals surface area contributed by atoms with Crippen molar-refractivity contribution in [1.82, 2.24) is 0 Å². The Morgan fingerprint density at radius 3 is 2.38 bits per heavy atom. The molecule has 0 fully saturated rings. The van der Waals surface area contributed by atoms with E-state index in [0.717, 1.165) is 4.90 Å². The van der Waals surface area contributed by atoms with Gasteiger partial charge in [-0.2, -0.15) is 0 Å². The third-order valence-corrected chi connectivity index (χ3v) is 3.41. The van der Waals surface area contributed by atoms with Crippen LogP contribution in [0.1, 0.15) is 11.1 Å². The number of benzene rings is 2. The summed E-state index contributed by atoms with van der Waals surface area (Å²) in [5.41, 5.74) is 1.81. The van der Waals surface area contributed by atoms with Crippen molar-refractivity contribution >= 4 is 23.1 Å². The monoisotopic (exact) mass is 281 g/mol. The molecule has 3 rings (SSSR count). The van der Waals surface area contributed by atoms with E-state index in [1.165, 1.54) is 24.3 Å². The molecule has 2 aromatic carbocycles. The first-order valence-corrected chi connectivity index (χ1v) is 6.49. The molecule has 0 saturated heterocycles. The Morgan fingerprint density at radius 2 is 1.71 bits per heavy atom. The lowest BCUT2D eigenvalue weighted by atomic mass is 10.1. The van der Waals surface area contributed by atoms with E-state index < -0.39 is 11.8 Å². The van der Waals surface area contributed by atoms with E-state index >= 15 is 0 Å². The van der Waals surface area contributed by atoms with Crippen LogP contribution in [-0.4, -0.2) is 11.8 Å². The molecule has 1 heterocycles. The Bertz CT molecular complexity index is 766. The number of hydrogen-bond donors (Lipinski definition) is 0. The molecule has 21 heavy (non-hydrogen) atoms. The number of anilines is 1. The maximum Gasteiger partial charge on any atom is 0.266 e. The van der Waals surface area contributed by atoms with Gasteiger partial charge in [0.15, 0.2) is 0 Å². The quantitative estimate of drug-likeness (QED) is 0.793. The lowest BCUT2D eigenvalue weighted by Gasteiger charge is -2.15. The predicted molar refractivity (Wildman–Crippen MR) is 78.0 cm³/mol. The zero-order chi connectivity index (χ0) is 15.0. The molecule has 0 bridgehead atoms. The molecule has 4 heteroatoms. The minimum Gasteiger partial charge on any atom is -0.269 e. The van der Waals surface area contributed by atoms with Gasteiger partial charge in [-0.1, -0.05) is 30.3 Å². The maximum atomic E-state index is 13.3. The van der Waals surface area contributed by atoms with E-state index in [0.29, 0.717) is 22.4 Å². The maximum absolute atomic E-state index is 13.3. The van der Waals surface area contributed by atoms with E-state index in [9.17, 15) is 14.0 Å². The molecule has 2 aromatic rings. The molecule has 0 radical (unpaired) electrons. The first-order valence-electron chi connectivity index (χ1n) is 6.49. The van der Waals surface area contributed by atoms with Crippen molar-refractivity contribution in [2.75, 3.05) is 4.90 Å². The molecule has 0 saturated carbocycles. The number of amides is 2. The van der Waals surface area contributed by atoms with Crippen molar-refractivity contribution in [2.24, 2.45) is 0 Å². The summed E-state index contributed by atoms with van der Waals surface area (Å²) in [7, 11) is 0. The van der Waals surface area contributed by atoms with Crippen molar-refractivity contribution < 1.29 is 14.0 Å². The Kier molecular flexibility index (Phi) is 3.14. The summed E-state index contributed by atoms with van der Waals surface area (Å²) in [4.78, 5) is 25.6. The molecule has 1 aliphatic rings. The van der Waals surface area contributed by atoms with Gasteiger partial charge < -0.3 is 0 Å². The number of carbonyl (C=O) groups excluding carboxylic acids is 2. The number of imide groups is 1. The van der Waals surface area contributed by atoms with Gasteiger partial charge in [-0.05, 0) is 36.2 Å². The standard InChI is InChI=1S/C17H12FNO2/c1-11-9-13(7-8-15(11)18)19-16(20)10-14(17(19)21)12-5-3-2-4-6-12/h2-10H,1H3. The van der Waals surface area contributed by atoms with Crippen LogP contribution in [0.3, 0.4) is 0 Å². The van der Waals surface area contributed by atoms with Crippen molar-refractivity contribution in [3.8, 4) is 0 Å². The predicted octanol–water partition coefficient (Wildman–Crippen LogP) is 3.09. The van der Waals surface area contributed by atoms with Gasteiger partial charge in [-0.3, -0.25) is 9.59 Å². The van der Waals surface area contributed by atoms with Gasteiger partial charge in [-0.15, -0.1) is 0 Å². The van der Waals surface area contributed by atoms with Crippen LogP contribution in [0, 0.1) is 12.7 Å². The fourth-order valence-electron chi connectivity index (χ4n) is 2.31. The topological polar surface area (TPSA) is 37.4 Å².